The van der Waals surface area contributed by atoms with Crippen molar-refractivity contribution in [2.24, 2.45) is 0 Å². The van der Waals surface area contributed by atoms with Crippen molar-refractivity contribution in [2.75, 3.05) is 31.8 Å². The van der Waals surface area contributed by atoms with Crippen molar-refractivity contribution in [3.63, 3.8) is 0 Å². The number of hydrogen-bond donors (Lipinski definition) is 1. The van der Waals surface area contributed by atoms with Crippen LogP contribution in [0.25, 0.3) is 11.4 Å². The largest absolute Gasteiger partial charge is 0.375 e. The number of rotatable bonds is 8. The Bertz CT molecular complexity index is 1230. The summed E-state index contributed by atoms with van der Waals surface area (Å²) in [5.74, 6) is 0.662. The second-order valence-corrected chi connectivity index (χ2v) is 9.78. The molecule has 11 nitrogen and oxygen atoms in total. The van der Waals surface area contributed by atoms with Gasteiger partial charge >= 0.3 is 0 Å². The van der Waals surface area contributed by atoms with Crippen LogP contribution in [-0.4, -0.2) is 65.9 Å². The molecule has 0 spiro atoms. The number of carbonyl (C=O) groups is 1. The Balaban J connectivity index is 1.51. The van der Waals surface area contributed by atoms with Crippen molar-refractivity contribution in [2.45, 2.75) is 30.3 Å². The number of hydrogen-bond acceptors (Lipinski definition) is 10. The van der Waals surface area contributed by atoms with Gasteiger partial charge in [-0.15, -0.1) is 0 Å². The quantitative estimate of drug-likeness (QED) is 0.516. The van der Waals surface area contributed by atoms with E-state index in [0.717, 1.165) is 24.9 Å². The summed E-state index contributed by atoms with van der Waals surface area (Å²) in [6, 6.07) is 6.81. The lowest BCUT2D eigenvalue weighted by Crippen LogP contribution is -2.23. The second kappa shape index (κ2) is 9.73. The molecule has 1 aliphatic rings. The van der Waals surface area contributed by atoms with Gasteiger partial charge in [0.1, 0.15) is 18.8 Å². The Morgan fingerprint density at radius 2 is 2.09 bits per heavy atom. The summed E-state index contributed by atoms with van der Waals surface area (Å²) in [5, 5.41) is 6.74. The summed E-state index contributed by atoms with van der Waals surface area (Å²) < 4.78 is 33.8. The van der Waals surface area contributed by atoms with Gasteiger partial charge < -0.3 is 14.6 Å². The highest BCUT2D eigenvalue weighted by molar-refractivity contribution is 7.90. The predicted octanol–water partition coefficient (Wildman–Crippen LogP) is 1.85. The van der Waals surface area contributed by atoms with Crippen molar-refractivity contribution in [1.29, 1.82) is 0 Å². The van der Waals surface area contributed by atoms with E-state index in [9.17, 15) is 13.2 Å². The van der Waals surface area contributed by atoms with Crippen molar-refractivity contribution >= 4 is 21.6 Å². The lowest BCUT2D eigenvalue weighted by molar-refractivity contribution is -0.119. The van der Waals surface area contributed by atoms with Gasteiger partial charge in [0.15, 0.2) is 9.84 Å². The first-order valence-corrected chi connectivity index (χ1v) is 12.2. The molecule has 3 aromatic rings. The molecule has 2 aromatic heterocycles. The Hall–Kier alpha value is -3.22. The first kappa shape index (κ1) is 23.0. The van der Waals surface area contributed by atoms with Gasteiger partial charge in [-0.1, -0.05) is 17.3 Å². The fourth-order valence-electron chi connectivity index (χ4n) is 3.74. The molecule has 0 bridgehead atoms. The molecule has 1 atom stereocenters. The van der Waals surface area contributed by atoms with E-state index in [1.54, 1.807) is 12.1 Å². The first-order chi connectivity index (χ1) is 15.8. The molecule has 3 heterocycles. The maximum Gasteiger partial charge on any atom is 0.251 e. The molecule has 33 heavy (non-hydrogen) atoms. The second-order valence-electron chi connectivity index (χ2n) is 7.77. The number of methoxy groups -OCH3 is 1. The minimum atomic E-state index is -3.23. The van der Waals surface area contributed by atoms with E-state index < -0.39 is 9.84 Å². The van der Waals surface area contributed by atoms with E-state index in [0.29, 0.717) is 22.9 Å². The van der Waals surface area contributed by atoms with Crippen LogP contribution in [0, 0.1) is 0 Å². The first-order valence-electron chi connectivity index (χ1n) is 10.3. The Kier molecular flexibility index (Phi) is 6.77. The number of aromatic nitrogens is 4. The number of benzene rings is 1. The standard InChI is InChI=1S/C21H24N6O5S/c1-31-12-18(28)24-19-16(10-22-13-23-19)20-25-21(32-26-20)17-4-3-9-27(17)11-14-5-7-15(8-6-14)33(2,29)30/h5-8,10,13,17H,3-4,9,11-12H2,1-2H3,(H,22,23,24,28). The van der Waals surface area contributed by atoms with Crippen LogP contribution in [-0.2, 0) is 25.9 Å². The third-order valence-electron chi connectivity index (χ3n) is 5.31. The zero-order chi connectivity index (χ0) is 23.4. The normalized spacial score (nSPS) is 16.7. The van der Waals surface area contributed by atoms with Crippen LogP contribution >= 0.6 is 0 Å². The third kappa shape index (κ3) is 5.41. The van der Waals surface area contributed by atoms with Gasteiger partial charge in [-0.05, 0) is 37.1 Å². The third-order valence-corrected chi connectivity index (χ3v) is 6.44. The smallest absolute Gasteiger partial charge is 0.251 e. The number of anilines is 1. The highest BCUT2D eigenvalue weighted by Gasteiger charge is 2.31. The molecule has 1 aromatic carbocycles. The lowest BCUT2D eigenvalue weighted by atomic mass is 10.2. The van der Waals surface area contributed by atoms with Crippen LogP contribution in [0.3, 0.4) is 0 Å². The van der Waals surface area contributed by atoms with Gasteiger partial charge in [0.2, 0.25) is 11.7 Å². The fraction of sp³-hybridized carbons (Fsp3) is 0.381. The van der Waals surface area contributed by atoms with Gasteiger partial charge in [0.05, 0.1) is 16.5 Å². The maximum atomic E-state index is 11.9. The molecule has 1 aliphatic heterocycles. The molecular formula is C21H24N6O5S. The summed E-state index contributed by atoms with van der Waals surface area (Å²) in [4.78, 5) is 27.1. The number of carbonyl (C=O) groups excluding carboxylic acids is 1. The van der Waals surface area contributed by atoms with Crippen LogP contribution < -0.4 is 5.32 Å². The maximum absolute atomic E-state index is 11.9. The molecule has 1 N–H and O–H groups in total. The van der Waals surface area contributed by atoms with Crippen LogP contribution in [0.2, 0.25) is 0 Å². The zero-order valence-electron chi connectivity index (χ0n) is 18.3. The fourth-order valence-corrected chi connectivity index (χ4v) is 4.37. The van der Waals surface area contributed by atoms with E-state index in [4.69, 9.17) is 9.26 Å². The molecule has 0 aliphatic carbocycles. The molecule has 12 heteroatoms. The molecule has 174 valence electrons. The molecule has 0 radical (unpaired) electrons. The minimum absolute atomic E-state index is 0.0722. The Morgan fingerprint density at radius 3 is 2.82 bits per heavy atom. The van der Waals surface area contributed by atoms with Crippen LogP contribution in [0.15, 0.2) is 46.2 Å². The lowest BCUT2D eigenvalue weighted by Gasteiger charge is -2.21. The molecule has 0 saturated carbocycles. The summed E-state index contributed by atoms with van der Waals surface area (Å²) in [5.41, 5.74) is 1.44. The SMILES string of the molecule is COCC(=O)Nc1ncncc1-c1noc(C2CCCN2Cc2ccc(S(C)(=O)=O)cc2)n1. The highest BCUT2D eigenvalue weighted by Crippen LogP contribution is 2.34. The van der Waals surface area contributed by atoms with Gasteiger partial charge in [-0.25, -0.2) is 18.4 Å². The number of ether oxygens (including phenoxy) is 1. The summed E-state index contributed by atoms with van der Waals surface area (Å²) in [7, 11) is -1.80. The molecule has 1 unspecified atom stereocenters. The number of likely N-dealkylation sites (tertiary alicyclic amines) is 1. The van der Waals surface area contributed by atoms with Gasteiger partial charge in [-0.2, -0.15) is 4.98 Å². The molecule has 1 saturated heterocycles. The van der Waals surface area contributed by atoms with Gasteiger partial charge in [0, 0.05) is 26.1 Å². The van der Waals surface area contributed by atoms with Crippen molar-refractivity contribution in [3.05, 3.63) is 48.2 Å². The monoisotopic (exact) mass is 472 g/mol. The van der Waals surface area contributed by atoms with E-state index in [2.05, 4.69) is 30.3 Å². The minimum Gasteiger partial charge on any atom is -0.375 e. The van der Waals surface area contributed by atoms with Crippen molar-refractivity contribution in [1.82, 2.24) is 25.0 Å². The molecule has 1 fully saturated rings. The number of amides is 1. The van der Waals surface area contributed by atoms with Crippen molar-refractivity contribution in [3.8, 4) is 11.4 Å². The summed E-state index contributed by atoms with van der Waals surface area (Å²) >= 11 is 0. The van der Waals surface area contributed by atoms with E-state index in [-0.39, 0.29) is 30.2 Å². The van der Waals surface area contributed by atoms with Crippen LogP contribution in [0.5, 0.6) is 0 Å². The highest BCUT2D eigenvalue weighted by atomic mass is 32.2. The Labute approximate surface area is 191 Å². The Morgan fingerprint density at radius 1 is 1.30 bits per heavy atom. The van der Waals surface area contributed by atoms with E-state index in [1.165, 1.54) is 25.9 Å². The summed E-state index contributed by atoms with van der Waals surface area (Å²) in [6.07, 6.45) is 5.85. The number of nitrogens with zero attached hydrogens (tertiary/aromatic N) is 5. The van der Waals surface area contributed by atoms with Crippen LogP contribution in [0.1, 0.15) is 30.3 Å². The van der Waals surface area contributed by atoms with Crippen LogP contribution in [0.4, 0.5) is 5.82 Å². The van der Waals surface area contributed by atoms with Gasteiger partial charge in [0.25, 0.3) is 5.91 Å². The molecule has 4 rings (SSSR count). The summed E-state index contributed by atoms with van der Waals surface area (Å²) in [6.45, 7) is 1.37. The predicted molar refractivity (Wildman–Crippen MR) is 118 cm³/mol. The number of sulfone groups is 1. The number of nitrogens with one attached hydrogen (secondary N) is 1. The average molecular weight is 473 g/mol. The zero-order valence-corrected chi connectivity index (χ0v) is 19.1. The van der Waals surface area contributed by atoms with Gasteiger partial charge in [-0.3, -0.25) is 9.69 Å². The van der Waals surface area contributed by atoms with Crippen molar-refractivity contribution < 1.29 is 22.5 Å². The molecule has 1 amide bonds. The molecular weight excluding hydrogens is 448 g/mol. The topological polar surface area (TPSA) is 140 Å². The van der Waals surface area contributed by atoms with E-state index in [1.807, 2.05) is 12.1 Å². The average Bonchev–Trinajstić information content (AvgIpc) is 3.43. The van der Waals surface area contributed by atoms with E-state index >= 15 is 0 Å².